The average Bonchev–Trinajstić information content (AvgIpc) is 3.06. The molecule has 1 radical (unpaired) electrons. The zero-order valence-corrected chi connectivity index (χ0v) is 15.0. The number of ether oxygens (including phenoxy) is 1. The van der Waals surface area contributed by atoms with Gasteiger partial charge in [-0.1, -0.05) is 12.1 Å². The first-order chi connectivity index (χ1) is 13.1. The summed E-state index contributed by atoms with van der Waals surface area (Å²) < 4.78 is 19.8. The van der Waals surface area contributed by atoms with Crippen molar-refractivity contribution in [2.24, 2.45) is 0 Å². The van der Waals surface area contributed by atoms with Crippen LogP contribution in [0.2, 0.25) is 0 Å². The van der Waals surface area contributed by atoms with Gasteiger partial charge < -0.3 is 9.72 Å². The highest BCUT2D eigenvalue weighted by Gasteiger charge is 2.12. The number of aromatic amines is 1. The Bertz CT molecular complexity index is 1110. The SMILES string of the molecule is COc1ncccc1[CH]c1ccc(Cc2c[nH]c3ncc(C)cc23)c(F)n1. The molecular weight excluding hydrogens is 343 g/mol. The average molecular weight is 361 g/mol. The molecule has 4 rings (SSSR count). The molecule has 0 aromatic carbocycles. The van der Waals surface area contributed by atoms with Crippen LogP contribution in [-0.2, 0) is 6.42 Å². The Balaban J connectivity index is 1.59. The number of fused-ring (bicyclic) bond motifs is 1. The van der Waals surface area contributed by atoms with E-state index in [1.807, 2.05) is 25.4 Å². The summed E-state index contributed by atoms with van der Waals surface area (Å²) in [5.41, 5.74) is 4.66. The standard InChI is InChI=1S/C21H18FN4O/c1-13-8-18-16(12-25-20(18)24-11-13)9-14-5-6-17(26-19(14)22)10-15-4-3-7-23-21(15)27-2/h3-8,10-12H,9H2,1-2H3,(H,24,25). The molecule has 0 fully saturated rings. The van der Waals surface area contributed by atoms with E-state index in [9.17, 15) is 4.39 Å². The predicted octanol–water partition coefficient (Wildman–Crippen LogP) is 4.00. The van der Waals surface area contributed by atoms with Gasteiger partial charge in [0.05, 0.1) is 12.8 Å². The number of aromatic nitrogens is 4. The normalized spacial score (nSPS) is 11.1. The summed E-state index contributed by atoms with van der Waals surface area (Å²) in [7, 11) is 1.55. The molecular formula is C21H18FN4O. The number of aryl methyl sites for hydroxylation is 1. The van der Waals surface area contributed by atoms with Crippen LogP contribution < -0.4 is 4.74 Å². The summed E-state index contributed by atoms with van der Waals surface area (Å²) in [6.45, 7) is 1.99. The number of rotatable bonds is 5. The van der Waals surface area contributed by atoms with Crippen molar-refractivity contribution in [2.45, 2.75) is 13.3 Å². The second-order valence-electron chi connectivity index (χ2n) is 6.33. The molecule has 0 unspecified atom stereocenters. The lowest BCUT2D eigenvalue weighted by Crippen LogP contribution is -2.00. The van der Waals surface area contributed by atoms with E-state index in [1.165, 1.54) is 0 Å². The Kier molecular flexibility index (Phi) is 4.54. The maximum absolute atomic E-state index is 14.6. The first-order valence-electron chi connectivity index (χ1n) is 8.56. The van der Waals surface area contributed by atoms with Crippen LogP contribution >= 0.6 is 0 Å². The largest absolute Gasteiger partial charge is 0.481 e. The number of halogens is 1. The quantitative estimate of drug-likeness (QED) is 0.546. The summed E-state index contributed by atoms with van der Waals surface area (Å²) in [6, 6.07) is 9.26. The van der Waals surface area contributed by atoms with Crippen LogP contribution in [-0.4, -0.2) is 27.0 Å². The van der Waals surface area contributed by atoms with Gasteiger partial charge in [-0.25, -0.2) is 15.0 Å². The minimum Gasteiger partial charge on any atom is -0.481 e. The summed E-state index contributed by atoms with van der Waals surface area (Å²) >= 11 is 0. The number of nitrogens with one attached hydrogen (secondary N) is 1. The fourth-order valence-corrected chi connectivity index (χ4v) is 3.05. The highest BCUT2D eigenvalue weighted by molar-refractivity contribution is 5.80. The molecule has 0 aliphatic carbocycles. The minimum atomic E-state index is -0.485. The van der Waals surface area contributed by atoms with Gasteiger partial charge in [0.1, 0.15) is 5.65 Å². The zero-order valence-electron chi connectivity index (χ0n) is 15.0. The van der Waals surface area contributed by atoms with Crippen molar-refractivity contribution in [1.82, 2.24) is 19.9 Å². The molecule has 0 spiro atoms. The molecule has 0 saturated heterocycles. The van der Waals surface area contributed by atoms with Crippen molar-refractivity contribution >= 4 is 11.0 Å². The van der Waals surface area contributed by atoms with Crippen molar-refractivity contribution < 1.29 is 9.13 Å². The van der Waals surface area contributed by atoms with E-state index in [4.69, 9.17) is 4.74 Å². The Hall–Kier alpha value is -3.28. The molecule has 0 atom stereocenters. The van der Waals surface area contributed by atoms with E-state index >= 15 is 0 Å². The Morgan fingerprint density at radius 2 is 2.07 bits per heavy atom. The van der Waals surface area contributed by atoms with Crippen molar-refractivity contribution in [3.05, 3.63) is 89.2 Å². The molecule has 4 aromatic heterocycles. The summed E-state index contributed by atoms with van der Waals surface area (Å²) in [6.07, 6.45) is 7.52. The van der Waals surface area contributed by atoms with Crippen LogP contribution in [0.3, 0.4) is 0 Å². The van der Waals surface area contributed by atoms with Crippen molar-refractivity contribution in [1.29, 1.82) is 0 Å². The van der Waals surface area contributed by atoms with Gasteiger partial charge in [0, 0.05) is 47.9 Å². The third-order valence-electron chi connectivity index (χ3n) is 4.38. The Morgan fingerprint density at radius 1 is 1.19 bits per heavy atom. The molecule has 0 bridgehead atoms. The first kappa shape index (κ1) is 17.1. The van der Waals surface area contributed by atoms with E-state index in [-0.39, 0.29) is 0 Å². The van der Waals surface area contributed by atoms with Gasteiger partial charge in [0.15, 0.2) is 0 Å². The minimum absolute atomic E-state index is 0.445. The molecule has 0 aliphatic heterocycles. The van der Waals surface area contributed by atoms with Gasteiger partial charge in [-0.15, -0.1) is 0 Å². The summed E-state index contributed by atoms with van der Waals surface area (Å²) in [5.74, 6) is -0.00739. The van der Waals surface area contributed by atoms with Crippen molar-refractivity contribution in [2.75, 3.05) is 7.11 Å². The summed E-state index contributed by atoms with van der Waals surface area (Å²) in [5, 5.41) is 1.00. The number of hydrogen-bond donors (Lipinski definition) is 1. The van der Waals surface area contributed by atoms with Gasteiger partial charge in [-0.3, -0.25) is 0 Å². The molecule has 27 heavy (non-hydrogen) atoms. The van der Waals surface area contributed by atoms with E-state index < -0.39 is 5.95 Å². The smallest absolute Gasteiger partial charge is 0.216 e. The topological polar surface area (TPSA) is 63.7 Å². The highest BCUT2D eigenvalue weighted by Crippen LogP contribution is 2.23. The van der Waals surface area contributed by atoms with E-state index in [0.717, 1.165) is 27.7 Å². The lowest BCUT2D eigenvalue weighted by atomic mass is 10.0. The lowest BCUT2D eigenvalue weighted by molar-refractivity contribution is 0.395. The van der Waals surface area contributed by atoms with E-state index in [1.54, 1.807) is 37.9 Å². The van der Waals surface area contributed by atoms with Crippen molar-refractivity contribution in [3.63, 3.8) is 0 Å². The molecule has 1 N–H and O–H groups in total. The Labute approximate surface area is 156 Å². The number of pyridine rings is 3. The second kappa shape index (κ2) is 7.15. The predicted molar refractivity (Wildman–Crippen MR) is 101 cm³/mol. The molecule has 4 aromatic rings. The molecule has 4 heterocycles. The maximum Gasteiger partial charge on any atom is 0.216 e. The van der Waals surface area contributed by atoms with Crippen LogP contribution in [0.4, 0.5) is 4.39 Å². The molecule has 0 aliphatic rings. The van der Waals surface area contributed by atoms with Gasteiger partial charge >= 0.3 is 0 Å². The number of methoxy groups -OCH3 is 1. The third kappa shape index (κ3) is 3.51. The third-order valence-corrected chi connectivity index (χ3v) is 4.38. The first-order valence-corrected chi connectivity index (χ1v) is 8.56. The molecule has 0 saturated carbocycles. The fraction of sp³-hybridized carbons (Fsp3) is 0.143. The zero-order chi connectivity index (χ0) is 18.8. The number of hydrogen-bond acceptors (Lipinski definition) is 4. The summed E-state index contributed by atoms with van der Waals surface area (Å²) in [4.78, 5) is 15.7. The van der Waals surface area contributed by atoms with Gasteiger partial charge in [0.2, 0.25) is 11.8 Å². The highest BCUT2D eigenvalue weighted by atomic mass is 19.1. The number of H-pyrrole nitrogens is 1. The van der Waals surface area contributed by atoms with Gasteiger partial charge in [-0.05, 0) is 36.2 Å². The second-order valence-corrected chi connectivity index (χ2v) is 6.33. The molecule has 0 amide bonds. The van der Waals surface area contributed by atoms with Crippen LogP contribution in [0.5, 0.6) is 5.88 Å². The number of nitrogens with zero attached hydrogens (tertiary/aromatic N) is 3. The Morgan fingerprint density at radius 3 is 2.89 bits per heavy atom. The molecule has 135 valence electrons. The van der Waals surface area contributed by atoms with Crippen LogP contribution in [0.25, 0.3) is 11.0 Å². The van der Waals surface area contributed by atoms with Crippen LogP contribution in [0.15, 0.2) is 48.9 Å². The molecule has 6 heteroatoms. The maximum atomic E-state index is 14.6. The van der Waals surface area contributed by atoms with E-state index in [0.29, 0.717) is 23.6 Å². The monoisotopic (exact) mass is 361 g/mol. The van der Waals surface area contributed by atoms with Crippen LogP contribution in [0.1, 0.15) is 27.9 Å². The fourth-order valence-electron chi connectivity index (χ4n) is 3.05. The van der Waals surface area contributed by atoms with E-state index in [2.05, 4.69) is 26.0 Å². The van der Waals surface area contributed by atoms with Crippen LogP contribution in [0, 0.1) is 19.3 Å². The molecule has 5 nitrogen and oxygen atoms in total. The van der Waals surface area contributed by atoms with Crippen molar-refractivity contribution in [3.8, 4) is 5.88 Å². The van der Waals surface area contributed by atoms with Gasteiger partial charge in [-0.2, -0.15) is 4.39 Å². The van der Waals surface area contributed by atoms with Gasteiger partial charge in [0.25, 0.3) is 0 Å². The lowest BCUT2D eigenvalue weighted by Gasteiger charge is -2.08.